The summed E-state index contributed by atoms with van der Waals surface area (Å²) < 4.78 is 7.44. The maximum absolute atomic E-state index is 12.5. The standard InChI is InChI=1S/C24H22N4O2S/c29-23(25-15-21-10-5-13-30-21)19-7-4-6-17(14-19)16-31-24-27-26-22(18-11-12-18)28(24)20-8-2-1-3-9-20/h1-10,13-14,18H,11-12,15-16H2,(H,25,29). The quantitative estimate of drug-likeness (QED) is 0.400. The molecule has 31 heavy (non-hydrogen) atoms. The number of hydrogen-bond acceptors (Lipinski definition) is 5. The van der Waals surface area contributed by atoms with Crippen molar-refractivity contribution < 1.29 is 9.21 Å². The first-order valence-electron chi connectivity index (χ1n) is 10.3. The second kappa shape index (κ2) is 8.81. The molecular weight excluding hydrogens is 408 g/mol. The number of carbonyl (C=O) groups excluding carboxylic acids is 1. The maximum Gasteiger partial charge on any atom is 0.251 e. The number of aromatic nitrogens is 3. The normalized spacial score (nSPS) is 13.3. The minimum atomic E-state index is -0.119. The number of thioether (sulfide) groups is 1. The maximum atomic E-state index is 12.5. The molecule has 0 bridgehead atoms. The molecule has 2 aromatic carbocycles. The van der Waals surface area contributed by atoms with Gasteiger partial charge in [0.1, 0.15) is 11.6 Å². The van der Waals surface area contributed by atoms with Crippen LogP contribution in [-0.2, 0) is 12.3 Å². The number of hydrogen-bond donors (Lipinski definition) is 1. The first kappa shape index (κ1) is 19.6. The highest BCUT2D eigenvalue weighted by molar-refractivity contribution is 7.98. The van der Waals surface area contributed by atoms with Crippen LogP contribution in [0.3, 0.4) is 0 Å². The lowest BCUT2D eigenvalue weighted by atomic mass is 10.1. The fourth-order valence-corrected chi connectivity index (χ4v) is 4.34. The molecule has 2 heterocycles. The van der Waals surface area contributed by atoms with E-state index in [0.29, 0.717) is 23.8 Å². The SMILES string of the molecule is O=C(NCc1ccco1)c1cccc(CSc2nnc(C3CC3)n2-c2ccccc2)c1. The van der Waals surface area contributed by atoms with Crippen molar-refractivity contribution in [1.29, 1.82) is 0 Å². The van der Waals surface area contributed by atoms with Crippen molar-refractivity contribution in [3.8, 4) is 5.69 Å². The van der Waals surface area contributed by atoms with Crippen LogP contribution >= 0.6 is 11.8 Å². The van der Waals surface area contributed by atoms with Crippen LogP contribution in [0.25, 0.3) is 5.69 Å². The Labute approximate surface area is 184 Å². The van der Waals surface area contributed by atoms with Gasteiger partial charge >= 0.3 is 0 Å². The number of amides is 1. The number of para-hydroxylation sites is 1. The molecule has 0 atom stereocenters. The first-order valence-corrected chi connectivity index (χ1v) is 11.3. The fourth-order valence-electron chi connectivity index (χ4n) is 3.43. The molecule has 1 aliphatic rings. The molecule has 0 spiro atoms. The van der Waals surface area contributed by atoms with E-state index < -0.39 is 0 Å². The molecule has 0 radical (unpaired) electrons. The Bertz CT molecular complexity index is 1170. The molecule has 0 aliphatic heterocycles. The summed E-state index contributed by atoms with van der Waals surface area (Å²) in [5.74, 6) is 2.86. The molecule has 0 saturated heterocycles. The summed E-state index contributed by atoms with van der Waals surface area (Å²) in [7, 11) is 0. The van der Waals surface area contributed by atoms with Gasteiger partial charge in [0.25, 0.3) is 5.91 Å². The third-order valence-electron chi connectivity index (χ3n) is 5.18. The van der Waals surface area contributed by atoms with E-state index in [4.69, 9.17) is 4.42 Å². The third-order valence-corrected chi connectivity index (χ3v) is 6.18. The van der Waals surface area contributed by atoms with Gasteiger partial charge in [0.05, 0.1) is 12.8 Å². The van der Waals surface area contributed by atoms with Crippen molar-refractivity contribution in [2.45, 2.75) is 36.2 Å². The monoisotopic (exact) mass is 430 g/mol. The van der Waals surface area contributed by atoms with Gasteiger partial charge in [0, 0.05) is 22.9 Å². The molecule has 1 N–H and O–H groups in total. The van der Waals surface area contributed by atoms with Crippen LogP contribution in [0.15, 0.2) is 82.6 Å². The smallest absolute Gasteiger partial charge is 0.251 e. The summed E-state index contributed by atoms with van der Waals surface area (Å²) in [5.41, 5.74) is 2.78. The Morgan fingerprint density at radius 1 is 1.06 bits per heavy atom. The van der Waals surface area contributed by atoms with E-state index in [1.165, 1.54) is 12.8 Å². The van der Waals surface area contributed by atoms with E-state index in [0.717, 1.165) is 28.0 Å². The summed E-state index contributed by atoms with van der Waals surface area (Å²) in [6, 6.07) is 21.6. The second-order valence-electron chi connectivity index (χ2n) is 7.54. The van der Waals surface area contributed by atoms with Crippen molar-refractivity contribution in [1.82, 2.24) is 20.1 Å². The summed E-state index contributed by atoms with van der Waals surface area (Å²) in [6.45, 7) is 0.370. The molecule has 156 valence electrons. The van der Waals surface area contributed by atoms with Crippen molar-refractivity contribution in [2.24, 2.45) is 0 Å². The number of furan rings is 1. The van der Waals surface area contributed by atoms with Gasteiger partial charge in [-0.15, -0.1) is 10.2 Å². The average molecular weight is 431 g/mol. The van der Waals surface area contributed by atoms with E-state index in [2.05, 4.69) is 32.2 Å². The zero-order chi connectivity index (χ0) is 21.0. The second-order valence-corrected chi connectivity index (χ2v) is 8.48. The van der Waals surface area contributed by atoms with Crippen LogP contribution in [-0.4, -0.2) is 20.7 Å². The fraction of sp³-hybridized carbons (Fsp3) is 0.208. The van der Waals surface area contributed by atoms with Crippen LogP contribution in [0, 0.1) is 0 Å². The molecule has 0 unspecified atom stereocenters. The number of rotatable bonds is 8. The molecule has 1 amide bonds. The lowest BCUT2D eigenvalue weighted by Gasteiger charge is -2.10. The Morgan fingerprint density at radius 2 is 1.94 bits per heavy atom. The topological polar surface area (TPSA) is 73.0 Å². The molecule has 1 aliphatic carbocycles. The van der Waals surface area contributed by atoms with Crippen LogP contribution < -0.4 is 5.32 Å². The molecular formula is C24H22N4O2S. The molecule has 7 heteroatoms. The summed E-state index contributed by atoms with van der Waals surface area (Å²) in [4.78, 5) is 12.5. The summed E-state index contributed by atoms with van der Waals surface area (Å²) in [5, 5.41) is 12.7. The van der Waals surface area contributed by atoms with Gasteiger partial charge in [-0.2, -0.15) is 0 Å². The van der Waals surface area contributed by atoms with Gasteiger partial charge in [-0.3, -0.25) is 9.36 Å². The van der Waals surface area contributed by atoms with Gasteiger partial charge in [0.2, 0.25) is 0 Å². The summed E-state index contributed by atoms with van der Waals surface area (Å²) in [6.07, 6.45) is 3.94. The van der Waals surface area contributed by atoms with Gasteiger partial charge in [-0.05, 0) is 54.8 Å². The molecule has 6 nitrogen and oxygen atoms in total. The van der Waals surface area contributed by atoms with Gasteiger partial charge in [-0.25, -0.2) is 0 Å². The van der Waals surface area contributed by atoms with Crippen LogP contribution in [0.2, 0.25) is 0 Å². The van der Waals surface area contributed by atoms with Crippen LogP contribution in [0.5, 0.6) is 0 Å². The molecule has 1 saturated carbocycles. The van der Waals surface area contributed by atoms with E-state index in [1.807, 2.05) is 54.6 Å². The van der Waals surface area contributed by atoms with E-state index >= 15 is 0 Å². The van der Waals surface area contributed by atoms with E-state index in [-0.39, 0.29) is 5.91 Å². The van der Waals surface area contributed by atoms with Crippen molar-refractivity contribution in [3.63, 3.8) is 0 Å². The zero-order valence-corrected chi connectivity index (χ0v) is 17.7. The number of nitrogens with one attached hydrogen (secondary N) is 1. The van der Waals surface area contributed by atoms with Gasteiger partial charge < -0.3 is 9.73 Å². The highest BCUT2D eigenvalue weighted by atomic mass is 32.2. The highest BCUT2D eigenvalue weighted by Crippen LogP contribution is 2.41. The Hall–Kier alpha value is -3.32. The molecule has 5 rings (SSSR count). The van der Waals surface area contributed by atoms with Crippen molar-refractivity contribution in [3.05, 3.63) is 95.7 Å². The van der Waals surface area contributed by atoms with Crippen LogP contribution in [0.1, 0.15) is 46.3 Å². The van der Waals surface area contributed by atoms with Gasteiger partial charge in [0.15, 0.2) is 5.16 Å². The molecule has 2 aromatic heterocycles. The van der Waals surface area contributed by atoms with Gasteiger partial charge in [-0.1, -0.05) is 42.1 Å². The minimum Gasteiger partial charge on any atom is -0.467 e. The number of carbonyl (C=O) groups is 1. The van der Waals surface area contributed by atoms with Crippen LogP contribution in [0.4, 0.5) is 0 Å². The molecule has 1 fully saturated rings. The Balaban J connectivity index is 1.29. The lowest BCUT2D eigenvalue weighted by molar-refractivity contribution is 0.0948. The van der Waals surface area contributed by atoms with Crippen molar-refractivity contribution in [2.75, 3.05) is 0 Å². The lowest BCUT2D eigenvalue weighted by Crippen LogP contribution is -2.22. The number of nitrogens with zero attached hydrogens (tertiary/aromatic N) is 3. The predicted octanol–water partition coefficient (Wildman–Crippen LogP) is 4.96. The summed E-state index contributed by atoms with van der Waals surface area (Å²) >= 11 is 1.64. The number of benzene rings is 2. The molecule has 4 aromatic rings. The first-order chi connectivity index (χ1) is 15.3. The minimum absolute atomic E-state index is 0.119. The van der Waals surface area contributed by atoms with Crippen molar-refractivity contribution >= 4 is 17.7 Å². The zero-order valence-electron chi connectivity index (χ0n) is 16.9. The average Bonchev–Trinajstić information content (AvgIpc) is 3.35. The highest BCUT2D eigenvalue weighted by Gasteiger charge is 2.31. The van der Waals surface area contributed by atoms with E-state index in [1.54, 1.807) is 18.0 Å². The Kier molecular flexibility index (Phi) is 5.58. The van der Waals surface area contributed by atoms with E-state index in [9.17, 15) is 4.79 Å². The Morgan fingerprint density at radius 3 is 2.71 bits per heavy atom. The predicted molar refractivity (Wildman–Crippen MR) is 119 cm³/mol. The third kappa shape index (κ3) is 4.56. The largest absolute Gasteiger partial charge is 0.467 e.